The standard InChI is InChI=1S/C17H21N3O3/c1-2-14(21)12-5-7-13(8-6-12)22-11-15-19-16(20-23-15)17(18)9-3-4-10-17/h5-8H,2-4,9-11,18H2,1H3. The van der Waals surface area contributed by atoms with Crippen molar-refractivity contribution in [1.82, 2.24) is 10.1 Å². The predicted octanol–water partition coefficient (Wildman–Crippen LogP) is 2.97. The molecule has 2 N–H and O–H groups in total. The molecule has 6 nitrogen and oxygen atoms in total. The van der Waals surface area contributed by atoms with Crippen LogP contribution < -0.4 is 10.5 Å². The molecule has 122 valence electrons. The first-order valence-corrected chi connectivity index (χ1v) is 7.99. The van der Waals surface area contributed by atoms with E-state index in [1.54, 1.807) is 24.3 Å². The molecule has 1 aromatic carbocycles. The van der Waals surface area contributed by atoms with Crippen molar-refractivity contribution in [3.8, 4) is 5.75 Å². The van der Waals surface area contributed by atoms with Crippen LogP contribution in [0.3, 0.4) is 0 Å². The zero-order valence-corrected chi connectivity index (χ0v) is 13.2. The molecule has 23 heavy (non-hydrogen) atoms. The summed E-state index contributed by atoms with van der Waals surface area (Å²) in [5, 5.41) is 3.99. The van der Waals surface area contributed by atoms with Gasteiger partial charge in [-0.05, 0) is 37.1 Å². The molecule has 3 rings (SSSR count). The summed E-state index contributed by atoms with van der Waals surface area (Å²) in [5.74, 6) is 1.74. The van der Waals surface area contributed by atoms with Crippen LogP contribution in [0.15, 0.2) is 28.8 Å². The van der Waals surface area contributed by atoms with E-state index >= 15 is 0 Å². The summed E-state index contributed by atoms with van der Waals surface area (Å²) in [4.78, 5) is 15.9. The van der Waals surface area contributed by atoms with Crippen LogP contribution in [0.1, 0.15) is 61.1 Å². The van der Waals surface area contributed by atoms with E-state index in [1.807, 2.05) is 6.92 Å². The van der Waals surface area contributed by atoms with Crippen LogP contribution >= 0.6 is 0 Å². The highest BCUT2D eigenvalue weighted by atomic mass is 16.5. The topological polar surface area (TPSA) is 91.2 Å². The van der Waals surface area contributed by atoms with E-state index in [0.29, 0.717) is 29.4 Å². The Morgan fingerprint density at radius 1 is 1.30 bits per heavy atom. The molecule has 2 aromatic rings. The molecule has 1 fully saturated rings. The van der Waals surface area contributed by atoms with Gasteiger partial charge in [0.1, 0.15) is 5.75 Å². The Hall–Kier alpha value is -2.21. The molecule has 1 saturated carbocycles. The number of hydrogen-bond acceptors (Lipinski definition) is 6. The monoisotopic (exact) mass is 315 g/mol. The Labute approximate surface area is 135 Å². The van der Waals surface area contributed by atoms with E-state index < -0.39 is 5.54 Å². The largest absolute Gasteiger partial charge is 0.484 e. The van der Waals surface area contributed by atoms with Crippen molar-refractivity contribution in [2.45, 2.75) is 51.2 Å². The third-order valence-electron chi connectivity index (χ3n) is 4.27. The minimum Gasteiger partial charge on any atom is -0.484 e. The average Bonchev–Trinajstić information content (AvgIpc) is 3.22. The van der Waals surface area contributed by atoms with Crippen LogP contribution in [0.25, 0.3) is 0 Å². The Kier molecular flexibility index (Phi) is 4.43. The summed E-state index contributed by atoms with van der Waals surface area (Å²) in [7, 11) is 0. The van der Waals surface area contributed by atoms with E-state index in [-0.39, 0.29) is 12.4 Å². The summed E-state index contributed by atoms with van der Waals surface area (Å²) >= 11 is 0. The van der Waals surface area contributed by atoms with Crippen LogP contribution in [-0.4, -0.2) is 15.9 Å². The van der Waals surface area contributed by atoms with E-state index in [9.17, 15) is 4.79 Å². The molecule has 0 aliphatic heterocycles. The summed E-state index contributed by atoms with van der Waals surface area (Å²) in [5.41, 5.74) is 6.53. The van der Waals surface area contributed by atoms with Crippen LogP contribution in [-0.2, 0) is 12.1 Å². The first-order valence-electron chi connectivity index (χ1n) is 7.99. The zero-order chi connectivity index (χ0) is 16.3. The lowest BCUT2D eigenvalue weighted by atomic mass is 9.99. The van der Waals surface area contributed by atoms with Crippen molar-refractivity contribution in [2.24, 2.45) is 5.73 Å². The Morgan fingerprint density at radius 2 is 2.00 bits per heavy atom. The maximum absolute atomic E-state index is 11.6. The van der Waals surface area contributed by atoms with Gasteiger partial charge in [-0.1, -0.05) is 24.9 Å². The molecule has 0 unspecified atom stereocenters. The van der Waals surface area contributed by atoms with Gasteiger partial charge in [0.2, 0.25) is 0 Å². The SMILES string of the molecule is CCC(=O)c1ccc(OCc2nc(C3(N)CCCC3)no2)cc1. The highest BCUT2D eigenvalue weighted by Crippen LogP contribution is 2.34. The molecule has 0 atom stereocenters. The number of Topliss-reactive ketones (excluding diaryl/α,β-unsaturated/α-hetero) is 1. The second-order valence-corrected chi connectivity index (χ2v) is 5.96. The van der Waals surface area contributed by atoms with Gasteiger partial charge < -0.3 is 15.0 Å². The third kappa shape index (κ3) is 3.42. The maximum atomic E-state index is 11.6. The fourth-order valence-electron chi connectivity index (χ4n) is 2.83. The van der Waals surface area contributed by atoms with Crippen LogP contribution in [0.2, 0.25) is 0 Å². The van der Waals surface area contributed by atoms with Crippen LogP contribution in [0.4, 0.5) is 0 Å². The normalized spacial score (nSPS) is 16.4. The van der Waals surface area contributed by atoms with E-state index in [0.717, 1.165) is 25.7 Å². The number of carbonyl (C=O) groups is 1. The molecule has 0 radical (unpaired) electrons. The molecule has 0 amide bonds. The summed E-state index contributed by atoms with van der Waals surface area (Å²) in [6.07, 6.45) is 4.46. The van der Waals surface area contributed by atoms with Crippen molar-refractivity contribution < 1.29 is 14.1 Å². The highest BCUT2D eigenvalue weighted by molar-refractivity contribution is 5.95. The number of carbonyl (C=O) groups excluding carboxylic acids is 1. The Morgan fingerprint density at radius 3 is 2.65 bits per heavy atom. The number of rotatable bonds is 6. The molecule has 1 aromatic heterocycles. The second kappa shape index (κ2) is 6.50. The van der Waals surface area contributed by atoms with Crippen LogP contribution in [0, 0.1) is 0 Å². The van der Waals surface area contributed by atoms with Gasteiger partial charge in [0, 0.05) is 12.0 Å². The zero-order valence-electron chi connectivity index (χ0n) is 13.2. The van der Waals surface area contributed by atoms with E-state index in [1.165, 1.54) is 0 Å². The molecule has 6 heteroatoms. The third-order valence-corrected chi connectivity index (χ3v) is 4.27. The lowest BCUT2D eigenvalue weighted by Crippen LogP contribution is -2.34. The number of ketones is 1. The average molecular weight is 315 g/mol. The van der Waals surface area contributed by atoms with Gasteiger partial charge in [0.15, 0.2) is 18.2 Å². The van der Waals surface area contributed by atoms with Crippen molar-refractivity contribution in [3.63, 3.8) is 0 Å². The number of nitrogens with two attached hydrogens (primary N) is 1. The summed E-state index contributed by atoms with van der Waals surface area (Å²) in [6, 6.07) is 7.05. The lowest BCUT2D eigenvalue weighted by molar-refractivity contribution is 0.0988. The molecular formula is C17H21N3O3. The minimum atomic E-state index is -0.454. The van der Waals surface area contributed by atoms with Gasteiger partial charge in [0.05, 0.1) is 5.54 Å². The minimum absolute atomic E-state index is 0.114. The molecular weight excluding hydrogens is 294 g/mol. The van der Waals surface area contributed by atoms with E-state index in [4.69, 9.17) is 15.0 Å². The summed E-state index contributed by atoms with van der Waals surface area (Å²) < 4.78 is 10.8. The number of aromatic nitrogens is 2. The molecule has 1 heterocycles. The Balaban J connectivity index is 1.60. The molecule has 1 aliphatic rings. The summed E-state index contributed by atoms with van der Waals surface area (Å²) in [6.45, 7) is 2.03. The smallest absolute Gasteiger partial charge is 0.264 e. The quantitative estimate of drug-likeness (QED) is 0.824. The van der Waals surface area contributed by atoms with Gasteiger partial charge in [-0.2, -0.15) is 4.98 Å². The van der Waals surface area contributed by atoms with Gasteiger partial charge in [-0.25, -0.2) is 0 Å². The second-order valence-electron chi connectivity index (χ2n) is 5.96. The molecule has 0 saturated heterocycles. The maximum Gasteiger partial charge on any atom is 0.264 e. The molecule has 1 aliphatic carbocycles. The molecule has 0 bridgehead atoms. The van der Waals surface area contributed by atoms with Crippen LogP contribution in [0.5, 0.6) is 5.75 Å². The van der Waals surface area contributed by atoms with Crippen molar-refractivity contribution in [3.05, 3.63) is 41.5 Å². The molecule has 0 spiro atoms. The van der Waals surface area contributed by atoms with E-state index in [2.05, 4.69) is 10.1 Å². The first-order chi connectivity index (χ1) is 11.1. The Bertz CT molecular complexity index is 673. The van der Waals surface area contributed by atoms with Gasteiger partial charge >= 0.3 is 0 Å². The highest BCUT2D eigenvalue weighted by Gasteiger charge is 2.35. The fourth-order valence-corrected chi connectivity index (χ4v) is 2.83. The van der Waals surface area contributed by atoms with Gasteiger partial charge in [0.25, 0.3) is 5.89 Å². The van der Waals surface area contributed by atoms with Crippen molar-refractivity contribution >= 4 is 5.78 Å². The number of benzene rings is 1. The number of hydrogen-bond donors (Lipinski definition) is 1. The lowest BCUT2D eigenvalue weighted by Gasteiger charge is -2.17. The van der Waals surface area contributed by atoms with Crippen molar-refractivity contribution in [1.29, 1.82) is 0 Å². The van der Waals surface area contributed by atoms with Gasteiger partial charge in [-0.3, -0.25) is 4.79 Å². The number of nitrogens with zero attached hydrogens (tertiary/aromatic N) is 2. The first kappa shape index (κ1) is 15.7. The van der Waals surface area contributed by atoms with Crippen molar-refractivity contribution in [2.75, 3.05) is 0 Å². The van der Waals surface area contributed by atoms with Gasteiger partial charge in [-0.15, -0.1) is 0 Å². The number of ether oxygens (including phenoxy) is 1. The predicted molar refractivity (Wildman–Crippen MR) is 84.0 cm³/mol. The fraction of sp³-hybridized carbons (Fsp3) is 0.471.